The van der Waals surface area contributed by atoms with Gasteiger partial charge in [-0.05, 0) is 331 Å². The molecule has 0 spiro atoms. The molecule has 2 atom stereocenters. The summed E-state index contributed by atoms with van der Waals surface area (Å²) in [6, 6.07) is 9.46. The molecule has 5 aliphatic rings. The average Bonchev–Trinajstić information content (AvgIpc) is 3.50. The van der Waals surface area contributed by atoms with Gasteiger partial charge in [0.25, 0.3) is 0 Å². The molecule has 0 fully saturated rings. The summed E-state index contributed by atoms with van der Waals surface area (Å²) in [6.07, 6.45) is 0. The second-order valence-electron chi connectivity index (χ2n) is 25.8. The quantitative estimate of drug-likeness (QED) is 0.126. The molecular formula is C69H9Cl3O. The molecule has 1 nitrogen and oxygen atoms in total. The number of alkyl halides is 3. The van der Waals surface area contributed by atoms with Crippen LogP contribution >= 0.6 is 34.8 Å². The summed E-state index contributed by atoms with van der Waals surface area (Å²) in [6.45, 7) is 0. The minimum absolute atomic E-state index is 0.108. The number of ether oxygens (including phenoxy) is 1. The van der Waals surface area contributed by atoms with Gasteiger partial charge < -0.3 is 4.74 Å². The van der Waals surface area contributed by atoms with E-state index in [-0.39, 0.29) is 5.88 Å². The van der Waals surface area contributed by atoms with E-state index in [4.69, 9.17) is 39.5 Å². The SMILES string of the molecule is COc1ccc(C23c4c5c6c7c8c9c%10c%11c(c2c2c%12c3c3c%13c4c6c4c6c%13c%13c3c3c%12c%12c%14c2c%11c2c%11c%10c%10c8c8c7c4c4c6c6c%13c7c3c%12c3c(c%142)c2c%11c%10c%10c8c4c4c%10c2c3c7c64)C59C(Cl)(Cl)CCl)cc1. The first-order chi connectivity index (χ1) is 36.1. The van der Waals surface area contributed by atoms with Crippen LogP contribution in [0, 0.1) is 0 Å². The third kappa shape index (κ3) is 1.61. The van der Waals surface area contributed by atoms with Gasteiger partial charge in [0.2, 0.25) is 0 Å². The molecule has 0 aliphatic heterocycles. The standard InChI is InChI=1S/C69H9Cl3O/c1-73-8-4-2-7(3-5-8)68-61-53-44-37-24-17-11-12-14-10-9-13(11)22(24)28-26-15(9)19-16(10)27-29-23(14)25-18(12)21-20(17)31-39-32(21)41-38(25)45-43(29)47-34(27)36-30(19)35-33(26)46(42(28)44)57(61)59-48(35)49(36)60-58(47)62-54(45)51(41)56-52(39)55(50(53)40(31)37)63(68)65(56)69(62,66(60)64(59)68)67(71,72)6-70/h2-5H,6H2,1H3. The fraction of sp³-hybridized carbons (Fsp3) is 0.0725. The molecule has 312 valence electrons. The van der Waals surface area contributed by atoms with Crippen molar-refractivity contribution < 1.29 is 4.74 Å². The van der Waals surface area contributed by atoms with E-state index in [2.05, 4.69) is 24.3 Å². The van der Waals surface area contributed by atoms with Gasteiger partial charge in [-0.2, -0.15) is 0 Å². The van der Waals surface area contributed by atoms with Crippen molar-refractivity contribution >= 4 is 315 Å². The Kier molecular flexibility index (Phi) is 2.67. The van der Waals surface area contributed by atoms with Gasteiger partial charge in [-0.15, -0.1) is 11.6 Å². The molecule has 5 aliphatic carbocycles. The van der Waals surface area contributed by atoms with Crippen molar-refractivity contribution in [3.63, 3.8) is 0 Å². The molecule has 33 rings (SSSR count). The molecule has 0 bridgehead atoms. The van der Waals surface area contributed by atoms with Crippen LogP contribution in [-0.2, 0) is 10.8 Å². The Hall–Kier alpha value is -7.65. The Morgan fingerprint density at radius 3 is 0.795 bits per heavy atom. The van der Waals surface area contributed by atoms with Gasteiger partial charge in [0, 0.05) is 0 Å². The van der Waals surface area contributed by atoms with Gasteiger partial charge in [0.15, 0.2) is 0 Å². The van der Waals surface area contributed by atoms with Crippen molar-refractivity contribution in [1.29, 1.82) is 0 Å². The van der Waals surface area contributed by atoms with E-state index >= 15 is 0 Å². The van der Waals surface area contributed by atoms with Crippen molar-refractivity contribution in [2.45, 2.75) is 15.2 Å². The molecule has 28 aromatic rings. The third-order valence-electron chi connectivity index (χ3n) is 25.5. The molecule has 0 heterocycles. The number of halogens is 3. The maximum Gasteiger partial charge on any atom is 0.149 e. The predicted octanol–water partition coefficient (Wildman–Crippen LogP) is 19.4. The second-order valence-corrected chi connectivity index (χ2v) is 27.6. The highest BCUT2D eigenvalue weighted by Crippen LogP contribution is 2.86. The van der Waals surface area contributed by atoms with Crippen LogP contribution in [0.25, 0.3) is 280 Å². The molecule has 0 aromatic heterocycles. The molecule has 0 N–H and O–H groups in total. The number of rotatable bonds is 4. The summed E-state index contributed by atoms with van der Waals surface area (Å²) >= 11 is 25.1. The van der Waals surface area contributed by atoms with E-state index in [1.807, 2.05) is 7.11 Å². The highest BCUT2D eigenvalue weighted by molar-refractivity contribution is 6.82. The van der Waals surface area contributed by atoms with Crippen molar-refractivity contribution in [2.75, 3.05) is 13.0 Å². The molecule has 4 heteroatoms. The van der Waals surface area contributed by atoms with Crippen LogP contribution in [0.5, 0.6) is 5.75 Å². The van der Waals surface area contributed by atoms with Gasteiger partial charge in [0.05, 0.1) is 23.8 Å². The molecule has 0 radical (unpaired) electrons. The zero-order valence-corrected chi connectivity index (χ0v) is 39.3. The fourth-order valence-corrected chi connectivity index (χ4v) is 25.9. The zero-order chi connectivity index (χ0) is 44.4. The summed E-state index contributed by atoms with van der Waals surface area (Å²) in [5.41, 5.74) is 8.45. The smallest absolute Gasteiger partial charge is 0.149 e. The molecule has 0 amide bonds. The molecular weight excluding hydrogens is 951 g/mol. The Balaban J connectivity index is 1.19. The maximum absolute atomic E-state index is 8.70. The Labute approximate surface area is 413 Å². The first-order valence-electron chi connectivity index (χ1n) is 26.4. The average molecular weight is 960 g/mol. The van der Waals surface area contributed by atoms with Crippen LogP contribution in [0.2, 0.25) is 0 Å². The van der Waals surface area contributed by atoms with Crippen molar-refractivity contribution in [2.24, 2.45) is 0 Å². The van der Waals surface area contributed by atoms with E-state index < -0.39 is 15.2 Å². The monoisotopic (exact) mass is 958 g/mol. The molecule has 2 unspecified atom stereocenters. The summed E-state index contributed by atoms with van der Waals surface area (Å²) in [5.74, 6) is 1.000. The Morgan fingerprint density at radius 2 is 0.493 bits per heavy atom. The lowest BCUT2D eigenvalue weighted by Crippen LogP contribution is -2.52. The number of methoxy groups -OCH3 is 1. The summed E-state index contributed by atoms with van der Waals surface area (Å²) in [4.78, 5) is 0. The van der Waals surface area contributed by atoms with Gasteiger partial charge in [-0.1, -0.05) is 35.3 Å². The normalized spacial score (nSPS) is 21.6. The first kappa shape index (κ1) is 29.2. The van der Waals surface area contributed by atoms with Crippen LogP contribution in [0.3, 0.4) is 0 Å². The topological polar surface area (TPSA) is 9.23 Å². The Morgan fingerprint density at radius 1 is 0.288 bits per heavy atom. The highest BCUT2D eigenvalue weighted by Gasteiger charge is 2.71. The minimum Gasteiger partial charge on any atom is -0.497 e. The van der Waals surface area contributed by atoms with Crippen LogP contribution in [-0.4, -0.2) is 17.3 Å². The predicted molar refractivity (Wildman–Crippen MR) is 309 cm³/mol. The molecule has 0 saturated heterocycles. The van der Waals surface area contributed by atoms with Crippen molar-refractivity contribution in [1.82, 2.24) is 0 Å². The van der Waals surface area contributed by atoms with Gasteiger partial charge in [0.1, 0.15) is 10.1 Å². The lowest BCUT2D eigenvalue weighted by Gasteiger charge is -2.52. The van der Waals surface area contributed by atoms with Crippen LogP contribution < -0.4 is 4.74 Å². The Bertz CT molecular complexity index is 7550. The van der Waals surface area contributed by atoms with E-state index in [0.717, 1.165) is 5.75 Å². The van der Waals surface area contributed by atoms with E-state index in [1.54, 1.807) is 178 Å². The van der Waals surface area contributed by atoms with Crippen LogP contribution in [0.1, 0.15) is 38.9 Å². The first-order valence-corrected chi connectivity index (χ1v) is 27.7. The number of benzene rings is 18. The summed E-state index contributed by atoms with van der Waals surface area (Å²) in [7, 11) is 1.82. The van der Waals surface area contributed by atoms with Crippen LogP contribution in [0.4, 0.5) is 0 Å². The molecule has 28 aromatic carbocycles. The largest absolute Gasteiger partial charge is 0.497 e. The molecule has 73 heavy (non-hydrogen) atoms. The van der Waals surface area contributed by atoms with E-state index in [9.17, 15) is 0 Å². The van der Waals surface area contributed by atoms with Crippen LogP contribution in [0.15, 0.2) is 24.3 Å². The van der Waals surface area contributed by atoms with Crippen molar-refractivity contribution in [3.8, 4) is 5.75 Å². The summed E-state index contributed by atoms with van der Waals surface area (Å²) in [5, 5.41) is 80.6. The van der Waals surface area contributed by atoms with E-state index in [1.165, 1.54) is 141 Å². The zero-order valence-electron chi connectivity index (χ0n) is 37.1. The minimum atomic E-state index is -1.40. The fourth-order valence-electron chi connectivity index (χ4n) is 25.2. The highest BCUT2D eigenvalue weighted by atomic mass is 35.5. The molecule has 0 saturated carbocycles. The van der Waals surface area contributed by atoms with Gasteiger partial charge >= 0.3 is 0 Å². The third-order valence-corrected chi connectivity index (χ3v) is 27.0. The summed E-state index contributed by atoms with van der Waals surface area (Å²) < 4.78 is 4.67. The number of hydrogen-bond donors (Lipinski definition) is 0. The number of hydrogen-bond acceptors (Lipinski definition) is 1. The lowest BCUT2D eigenvalue weighted by molar-refractivity contribution is 0.414. The van der Waals surface area contributed by atoms with Crippen molar-refractivity contribution in [3.05, 3.63) is 63.2 Å². The van der Waals surface area contributed by atoms with Gasteiger partial charge in [-0.3, -0.25) is 0 Å². The maximum atomic E-state index is 8.70. The van der Waals surface area contributed by atoms with E-state index in [0.29, 0.717) is 0 Å². The van der Waals surface area contributed by atoms with Gasteiger partial charge in [-0.25, -0.2) is 0 Å². The second kappa shape index (κ2) is 6.70. The lowest BCUT2D eigenvalue weighted by atomic mass is 9.51.